The summed E-state index contributed by atoms with van der Waals surface area (Å²) in [6, 6.07) is 17.6. The van der Waals surface area contributed by atoms with Crippen LogP contribution < -0.4 is 14.8 Å². The normalized spacial score (nSPS) is 11.0. The van der Waals surface area contributed by atoms with Crippen molar-refractivity contribution >= 4 is 21.6 Å². The third-order valence-electron chi connectivity index (χ3n) is 4.65. The van der Waals surface area contributed by atoms with Crippen LogP contribution in [0.1, 0.15) is 15.9 Å². The summed E-state index contributed by atoms with van der Waals surface area (Å²) >= 11 is 0. The van der Waals surface area contributed by atoms with Crippen LogP contribution in [0.4, 0.5) is 10.1 Å². The van der Waals surface area contributed by atoms with Crippen molar-refractivity contribution < 1.29 is 22.3 Å². The van der Waals surface area contributed by atoms with E-state index in [4.69, 9.17) is 4.74 Å². The van der Waals surface area contributed by atoms with Crippen molar-refractivity contribution in [3.8, 4) is 11.6 Å². The molecule has 4 aromatic rings. The van der Waals surface area contributed by atoms with E-state index in [1.54, 1.807) is 18.3 Å². The average Bonchev–Trinajstić information content (AvgIpc) is 2.85. The van der Waals surface area contributed by atoms with Gasteiger partial charge in [-0.15, -0.1) is 0 Å². The number of benzene rings is 2. The Morgan fingerprint density at radius 1 is 0.912 bits per heavy atom. The first-order valence-electron chi connectivity index (χ1n) is 10.1. The lowest BCUT2D eigenvalue weighted by Gasteiger charge is -2.09. The topological polar surface area (TPSA) is 110 Å². The minimum absolute atomic E-state index is 0.0294. The highest BCUT2D eigenvalue weighted by Gasteiger charge is 2.15. The number of carbonyl (C=O) groups excluding carboxylic acids is 1. The van der Waals surface area contributed by atoms with E-state index < -0.39 is 10.0 Å². The standard InChI is InChI=1S/C24H19FN4O4S/c25-19-4-6-21(7-5-19)33-23-10-1-17(15-27-23)16-28-24(30)18-2-8-22(9-3-18)34(31,32)29-20-11-13-26-14-12-20/h1-15H,16H2,(H,26,29)(H,28,30). The molecule has 8 nitrogen and oxygen atoms in total. The summed E-state index contributed by atoms with van der Waals surface area (Å²) in [6.45, 7) is 0.215. The van der Waals surface area contributed by atoms with Crippen LogP contribution >= 0.6 is 0 Å². The quantitative estimate of drug-likeness (QED) is 0.394. The van der Waals surface area contributed by atoms with E-state index in [0.29, 0.717) is 22.9 Å². The van der Waals surface area contributed by atoms with E-state index in [-0.39, 0.29) is 23.2 Å². The molecule has 2 heterocycles. The summed E-state index contributed by atoms with van der Waals surface area (Å²) in [4.78, 5) is 20.5. The van der Waals surface area contributed by atoms with Gasteiger partial charge in [-0.1, -0.05) is 6.07 Å². The number of hydrogen-bond acceptors (Lipinski definition) is 6. The monoisotopic (exact) mass is 478 g/mol. The van der Waals surface area contributed by atoms with Gasteiger partial charge in [0, 0.05) is 36.8 Å². The zero-order chi connectivity index (χ0) is 24.0. The minimum Gasteiger partial charge on any atom is -0.439 e. The Kier molecular flexibility index (Phi) is 6.79. The molecule has 172 valence electrons. The molecule has 2 N–H and O–H groups in total. The van der Waals surface area contributed by atoms with Crippen molar-refractivity contribution in [2.75, 3.05) is 4.72 Å². The summed E-state index contributed by atoms with van der Waals surface area (Å²) in [6.07, 6.45) is 4.51. The van der Waals surface area contributed by atoms with E-state index in [9.17, 15) is 17.6 Å². The second-order valence-electron chi connectivity index (χ2n) is 7.11. The third-order valence-corrected chi connectivity index (χ3v) is 6.04. The number of sulfonamides is 1. The van der Waals surface area contributed by atoms with Gasteiger partial charge in [-0.05, 0) is 66.2 Å². The Morgan fingerprint density at radius 3 is 2.26 bits per heavy atom. The fourth-order valence-corrected chi connectivity index (χ4v) is 3.96. The lowest BCUT2D eigenvalue weighted by atomic mass is 10.2. The summed E-state index contributed by atoms with van der Waals surface area (Å²) in [5.74, 6) is 0.0669. The molecule has 0 saturated carbocycles. The first-order chi connectivity index (χ1) is 16.4. The van der Waals surface area contributed by atoms with Gasteiger partial charge in [0.2, 0.25) is 5.88 Å². The van der Waals surface area contributed by atoms with E-state index >= 15 is 0 Å². The lowest BCUT2D eigenvalue weighted by molar-refractivity contribution is 0.0951. The predicted molar refractivity (Wildman–Crippen MR) is 123 cm³/mol. The Morgan fingerprint density at radius 2 is 1.62 bits per heavy atom. The number of hydrogen-bond donors (Lipinski definition) is 2. The summed E-state index contributed by atoms with van der Waals surface area (Å²) in [5, 5.41) is 2.76. The van der Waals surface area contributed by atoms with Crippen molar-refractivity contribution in [3.05, 3.63) is 108 Å². The molecular weight excluding hydrogens is 459 g/mol. The zero-order valence-electron chi connectivity index (χ0n) is 17.7. The van der Waals surface area contributed by atoms with Gasteiger partial charge >= 0.3 is 0 Å². The summed E-state index contributed by atoms with van der Waals surface area (Å²) in [7, 11) is -3.79. The summed E-state index contributed by atoms with van der Waals surface area (Å²) in [5.41, 5.74) is 1.44. The molecule has 0 aliphatic heterocycles. The van der Waals surface area contributed by atoms with Gasteiger partial charge in [0.25, 0.3) is 15.9 Å². The van der Waals surface area contributed by atoms with Crippen LogP contribution in [0.5, 0.6) is 11.6 Å². The van der Waals surface area contributed by atoms with Gasteiger partial charge in [0.15, 0.2) is 0 Å². The summed E-state index contributed by atoms with van der Waals surface area (Å²) < 4.78 is 45.9. The number of anilines is 1. The molecule has 0 atom stereocenters. The van der Waals surface area contributed by atoms with Gasteiger partial charge in [0.05, 0.1) is 10.6 Å². The number of halogens is 1. The SMILES string of the molecule is O=C(NCc1ccc(Oc2ccc(F)cc2)nc1)c1ccc(S(=O)(=O)Nc2ccncc2)cc1. The molecule has 34 heavy (non-hydrogen) atoms. The highest BCUT2D eigenvalue weighted by molar-refractivity contribution is 7.92. The number of aromatic nitrogens is 2. The van der Waals surface area contributed by atoms with Crippen molar-refractivity contribution in [2.24, 2.45) is 0 Å². The fourth-order valence-electron chi connectivity index (χ4n) is 2.90. The molecule has 0 spiro atoms. The number of nitrogens with zero attached hydrogens (tertiary/aromatic N) is 2. The molecule has 0 radical (unpaired) electrons. The molecule has 0 unspecified atom stereocenters. The highest BCUT2D eigenvalue weighted by Crippen LogP contribution is 2.20. The molecule has 2 aromatic heterocycles. The van der Waals surface area contributed by atoms with Crippen molar-refractivity contribution in [1.82, 2.24) is 15.3 Å². The smallest absolute Gasteiger partial charge is 0.261 e. The van der Waals surface area contributed by atoms with Gasteiger partial charge in [0.1, 0.15) is 11.6 Å². The second kappa shape index (κ2) is 10.1. The molecule has 1 amide bonds. The molecule has 0 aliphatic carbocycles. The molecule has 0 saturated heterocycles. The predicted octanol–water partition coefficient (Wildman–Crippen LogP) is 4.14. The van der Waals surface area contributed by atoms with Crippen LogP contribution in [0, 0.1) is 5.82 Å². The fraction of sp³-hybridized carbons (Fsp3) is 0.0417. The molecule has 0 fully saturated rings. The molecule has 0 bridgehead atoms. The molecule has 4 rings (SSSR count). The molecule has 10 heteroatoms. The van der Waals surface area contributed by atoms with Gasteiger partial charge in [-0.25, -0.2) is 17.8 Å². The first-order valence-corrected chi connectivity index (χ1v) is 11.6. The van der Waals surface area contributed by atoms with Crippen LogP contribution in [-0.4, -0.2) is 24.3 Å². The number of pyridine rings is 2. The van der Waals surface area contributed by atoms with Gasteiger partial charge < -0.3 is 10.1 Å². The van der Waals surface area contributed by atoms with Crippen molar-refractivity contribution in [3.63, 3.8) is 0 Å². The first kappa shape index (κ1) is 22.9. The maximum atomic E-state index is 13.0. The number of carbonyl (C=O) groups is 1. The Hall–Kier alpha value is -4.31. The number of amides is 1. The van der Waals surface area contributed by atoms with E-state index in [0.717, 1.165) is 5.56 Å². The lowest BCUT2D eigenvalue weighted by Crippen LogP contribution is -2.23. The van der Waals surface area contributed by atoms with E-state index in [1.807, 2.05) is 0 Å². The van der Waals surface area contributed by atoms with E-state index in [1.165, 1.54) is 73.1 Å². The Balaban J connectivity index is 1.32. The second-order valence-corrected chi connectivity index (χ2v) is 8.79. The maximum Gasteiger partial charge on any atom is 0.261 e. The number of ether oxygens (including phenoxy) is 1. The van der Waals surface area contributed by atoms with Crippen LogP contribution in [0.2, 0.25) is 0 Å². The third kappa shape index (κ3) is 5.93. The number of nitrogens with one attached hydrogen (secondary N) is 2. The van der Waals surface area contributed by atoms with Crippen LogP contribution in [0.15, 0.2) is 96.3 Å². The van der Waals surface area contributed by atoms with Gasteiger partial charge in [-0.2, -0.15) is 0 Å². The average molecular weight is 479 g/mol. The zero-order valence-corrected chi connectivity index (χ0v) is 18.5. The maximum absolute atomic E-state index is 13.0. The van der Waals surface area contributed by atoms with Crippen LogP contribution in [0.25, 0.3) is 0 Å². The minimum atomic E-state index is -3.79. The Bertz CT molecular complexity index is 1360. The van der Waals surface area contributed by atoms with Crippen LogP contribution in [-0.2, 0) is 16.6 Å². The molecule has 2 aromatic carbocycles. The number of rotatable bonds is 8. The molecular formula is C24H19FN4O4S. The van der Waals surface area contributed by atoms with Gasteiger partial charge in [-0.3, -0.25) is 14.5 Å². The molecule has 0 aliphatic rings. The highest BCUT2D eigenvalue weighted by atomic mass is 32.2. The van der Waals surface area contributed by atoms with Crippen molar-refractivity contribution in [2.45, 2.75) is 11.4 Å². The Labute approximate surface area is 195 Å². The van der Waals surface area contributed by atoms with Crippen molar-refractivity contribution in [1.29, 1.82) is 0 Å². The van der Waals surface area contributed by atoms with E-state index in [2.05, 4.69) is 20.0 Å². The van der Waals surface area contributed by atoms with Crippen LogP contribution in [0.3, 0.4) is 0 Å². The largest absolute Gasteiger partial charge is 0.439 e.